The van der Waals surface area contributed by atoms with Crippen molar-refractivity contribution in [3.63, 3.8) is 0 Å². The van der Waals surface area contributed by atoms with Crippen molar-refractivity contribution >= 4 is 16.8 Å². The first-order valence-electron chi connectivity index (χ1n) is 5.58. The van der Waals surface area contributed by atoms with E-state index < -0.39 is 0 Å². The van der Waals surface area contributed by atoms with E-state index in [9.17, 15) is 0 Å². The van der Waals surface area contributed by atoms with E-state index in [2.05, 4.69) is 4.98 Å². The van der Waals surface area contributed by atoms with Gasteiger partial charge in [-0.1, -0.05) is 0 Å². The molecule has 1 unspecified atom stereocenters. The maximum atomic E-state index is 5.69. The van der Waals surface area contributed by atoms with Gasteiger partial charge in [0.1, 0.15) is 5.52 Å². The molecule has 3 rings (SSSR count). The zero-order valence-electron chi connectivity index (χ0n) is 8.98. The van der Waals surface area contributed by atoms with Crippen molar-refractivity contribution in [3.05, 3.63) is 24.1 Å². The molecule has 2 N–H and O–H groups in total. The fraction of sp³-hybridized carbons (Fsp3) is 0.417. The SMILES string of the molecule is Nc1ccc2oc(CC3CCCO3)nc2c1. The largest absolute Gasteiger partial charge is 0.441 e. The molecule has 16 heavy (non-hydrogen) atoms. The topological polar surface area (TPSA) is 61.3 Å². The van der Waals surface area contributed by atoms with Crippen LogP contribution in [0.15, 0.2) is 22.6 Å². The van der Waals surface area contributed by atoms with Crippen LogP contribution in [-0.4, -0.2) is 17.7 Å². The summed E-state index contributed by atoms with van der Waals surface area (Å²) in [4.78, 5) is 4.41. The molecule has 0 spiro atoms. The Kier molecular flexibility index (Phi) is 2.29. The van der Waals surface area contributed by atoms with Crippen molar-refractivity contribution in [3.8, 4) is 0 Å². The van der Waals surface area contributed by atoms with E-state index in [-0.39, 0.29) is 6.10 Å². The monoisotopic (exact) mass is 218 g/mol. The van der Waals surface area contributed by atoms with Crippen LogP contribution < -0.4 is 5.73 Å². The number of nitrogens with zero attached hydrogens (tertiary/aromatic N) is 1. The fourth-order valence-corrected chi connectivity index (χ4v) is 2.08. The van der Waals surface area contributed by atoms with Crippen LogP contribution in [0, 0.1) is 0 Å². The highest BCUT2D eigenvalue weighted by Crippen LogP contribution is 2.22. The van der Waals surface area contributed by atoms with Gasteiger partial charge in [-0.25, -0.2) is 4.98 Å². The van der Waals surface area contributed by atoms with Crippen molar-refractivity contribution in [2.75, 3.05) is 12.3 Å². The molecule has 1 aliphatic rings. The number of hydrogen-bond acceptors (Lipinski definition) is 4. The molecule has 1 aromatic heterocycles. The molecule has 0 aliphatic carbocycles. The van der Waals surface area contributed by atoms with Crippen molar-refractivity contribution in [1.82, 2.24) is 4.98 Å². The van der Waals surface area contributed by atoms with Crippen molar-refractivity contribution in [2.45, 2.75) is 25.4 Å². The van der Waals surface area contributed by atoms with Gasteiger partial charge in [0.25, 0.3) is 0 Å². The van der Waals surface area contributed by atoms with E-state index in [1.807, 2.05) is 18.2 Å². The number of nitrogen functional groups attached to an aromatic ring is 1. The average molecular weight is 218 g/mol. The Hall–Kier alpha value is -1.55. The third-order valence-corrected chi connectivity index (χ3v) is 2.88. The predicted molar refractivity (Wildman–Crippen MR) is 61.1 cm³/mol. The van der Waals surface area contributed by atoms with Gasteiger partial charge in [0.15, 0.2) is 11.5 Å². The van der Waals surface area contributed by atoms with Gasteiger partial charge in [0.05, 0.1) is 12.5 Å². The van der Waals surface area contributed by atoms with E-state index in [1.54, 1.807) is 0 Å². The Morgan fingerprint density at radius 2 is 2.38 bits per heavy atom. The molecule has 2 aromatic rings. The van der Waals surface area contributed by atoms with E-state index >= 15 is 0 Å². The average Bonchev–Trinajstić information content (AvgIpc) is 2.86. The van der Waals surface area contributed by atoms with Gasteiger partial charge in [-0.05, 0) is 31.0 Å². The lowest BCUT2D eigenvalue weighted by Crippen LogP contribution is -2.08. The Labute approximate surface area is 93.4 Å². The summed E-state index contributed by atoms with van der Waals surface area (Å²) in [5.74, 6) is 0.743. The fourth-order valence-electron chi connectivity index (χ4n) is 2.08. The zero-order chi connectivity index (χ0) is 11.0. The summed E-state index contributed by atoms with van der Waals surface area (Å²) >= 11 is 0. The van der Waals surface area contributed by atoms with Gasteiger partial charge in [0.2, 0.25) is 0 Å². The maximum Gasteiger partial charge on any atom is 0.198 e. The van der Waals surface area contributed by atoms with Crippen molar-refractivity contribution in [2.24, 2.45) is 0 Å². The summed E-state index contributed by atoms with van der Waals surface area (Å²) in [6.45, 7) is 0.859. The molecule has 2 heterocycles. The predicted octanol–water partition coefficient (Wildman–Crippen LogP) is 2.13. The highest BCUT2D eigenvalue weighted by atomic mass is 16.5. The molecule has 1 fully saturated rings. The number of nitrogens with two attached hydrogens (primary N) is 1. The molecule has 0 bridgehead atoms. The number of anilines is 1. The number of fused-ring (bicyclic) bond motifs is 1. The Morgan fingerprint density at radius 1 is 1.44 bits per heavy atom. The first kappa shape index (κ1) is 9.66. The van der Waals surface area contributed by atoms with E-state index in [1.165, 1.54) is 0 Å². The minimum Gasteiger partial charge on any atom is -0.441 e. The molecule has 0 amide bonds. The third kappa shape index (κ3) is 1.76. The van der Waals surface area contributed by atoms with E-state index in [0.717, 1.165) is 42.9 Å². The second kappa shape index (κ2) is 3.79. The molecule has 4 nitrogen and oxygen atoms in total. The van der Waals surface area contributed by atoms with E-state index in [0.29, 0.717) is 5.69 Å². The molecule has 1 saturated heterocycles. The van der Waals surface area contributed by atoms with Gasteiger partial charge in [0, 0.05) is 12.3 Å². The molecule has 4 heteroatoms. The molecule has 1 aromatic carbocycles. The Balaban J connectivity index is 1.86. The number of benzene rings is 1. The van der Waals surface area contributed by atoms with Gasteiger partial charge >= 0.3 is 0 Å². The second-order valence-corrected chi connectivity index (χ2v) is 4.17. The summed E-state index contributed by atoms with van der Waals surface area (Å²) < 4.78 is 11.2. The van der Waals surface area contributed by atoms with Crippen LogP contribution in [0.1, 0.15) is 18.7 Å². The lowest BCUT2D eigenvalue weighted by atomic mass is 10.2. The number of hydrogen-bond donors (Lipinski definition) is 1. The quantitative estimate of drug-likeness (QED) is 0.784. The molecule has 0 saturated carbocycles. The third-order valence-electron chi connectivity index (χ3n) is 2.88. The number of oxazole rings is 1. The molecule has 1 atom stereocenters. The van der Waals surface area contributed by atoms with Crippen LogP contribution in [-0.2, 0) is 11.2 Å². The van der Waals surface area contributed by atoms with Gasteiger partial charge < -0.3 is 14.9 Å². The molecule has 1 aliphatic heterocycles. The smallest absolute Gasteiger partial charge is 0.198 e. The van der Waals surface area contributed by atoms with Gasteiger partial charge in [-0.2, -0.15) is 0 Å². The maximum absolute atomic E-state index is 5.69. The first-order valence-corrected chi connectivity index (χ1v) is 5.58. The first-order chi connectivity index (χ1) is 7.81. The molecule has 84 valence electrons. The van der Waals surface area contributed by atoms with E-state index in [4.69, 9.17) is 14.9 Å². The van der Waals surface area contributed by atoms with Crippen LogP contribution in [0.3, 0.4) is 0 Å². The standard InChI is InChI=1S/C12H14N2O2/c13-8-3-4-11-10(6-8)14-12(16-11)7-9-2-1-5-15-9/h3-4,6,9H,1-2,5,7,13H2. The van der Waals surface area contributed by atoms with Crippen molar-refractivity contribution in [1.29, 1.82) is 0 Å². The van der Waals surface area contributed by atoms with Gasteiger partial charge in [-0.3, -0.25) is 0 Å². The van der Waals surface area contributed by atoms with Crippen LogP contribution in [0.2, 0.25) is 0 Å². The zero-order valence-corrected chi connectivity index (χ0v) is 8.98. The summed E-state index contributed by atoms with van der Waals surface area (Å²) in [5, 5.41) is 0. The highest BCUT2D eigenvalue weighted by molar-refractivity contribution is 5.76. The second-order valence-electron chi connectivity index (χ2n) is 4.17. The number of ether oxygens (including phenoxy) is 1. The molecular weight excluding hydrogens is 204 g/mol. The Morgan fingerprint density at radius 3 is 3.19 bits per heavy atom. The minimum absolute atomic E-state index is 0.269. The van der Waals surface area contributed by atoms with Crippen molar-refractivity contribution < 1.29 is 9.15 Å². The van der Waals surface area contributed by atoms with Crippen LogP contribution in [0.5, 0.6) is 0 Å². The summed E-state index contributed by atoms with van der Waals surface area (Å²) in [6.07, 6.45) is 3.26. The number of rotatable bonds is 2. The highest BCUT2D eigenvalue weighted by Gasteiger charge is 2.18. The minimum atomic E-state index is 0.269. The lowest BCUT2D eigenvalue weighted by Gasteiger charge is -2.04. The Bertz CT molecular complexity index is 501. The summed E-state index contributed by atoms with van der Waals surface area (Å²) in [7, 11) is 0. The van der Waals surface area contributed by atoms with Crippen LogP contribution >= 0.6 is 0 Å². The molecular formula is C12H14N2O2. The lowest BCUT2D eigenvalue weighted by molar-refractivity contribution is 0.106. The summed E-state index contributed by atoms with van der Waals surface area (Å²) in [6, 6.07) is 5.51. The van der Waals surface area contributed by atoms with Crippen LogP contribution in [0.25, 0.3) is 11.1 Å². The van der Waals surface area contributed by atoms with Gasteiger partial charge in [-0.15, -0.1) is 0 Å². The summed E-state index contributed by atoms with van der Waals surface area (Å²) in [5.41, 5.74) is 8.02. The normalized spacial score (nSPS) is 20.6. The molecule has 0 radical (unpaired) electrons. The van der Waals surface area contributed by atoms with Crippen LogP contribution in [0.4, 0.5) is 5.69 Å². The number of aromatic nitrogens is 1.